The van der Waals surface area contributed by atoms with Crippen LogP contribution < -0.4 is 5.32 Å². The van der Waals surface area contributed by atoms with Crippen molar-refractivity contribution >= 4 is 0 Å². The third kappa shape index (κ3) is 3.50. The molecule has 4 heteroatoms. The molecular formula is C17H20N4. The highest BCUT2D eigenvalue weighted by Crippen LogP contribution is 2.28. The zero-order valence-electron chi connectivity index (χ0n) is 12.1. The zero-order chi connectivity index (χ0) is 14.5. The molecule has 3 rings (SSSR count). The van der Waals surface area contributed by atoms with E-state index in [1.165, 1.54) is 25.7 Å². The number of hydrogen-bond acceptors (Lipinski definition) is 3. The molecule has 0 unspecified atom stereocenters. The van der Waals surface area contributed by atoms with Gasteiger partial charge in [-0.25, -0.2) is 0 Å². The lowest BCUT2D eigenvalue weighted by Crippen LogP contribution is -2.14. The number of nitrogens with one attached hydrogen (secondary N) is 1. The smallest absolute Gasteiger partial charge is 0.0991 e. The first kappa shape index (κ1) is 13.8. The molecule has 1 N–H and O–H groups in total. The molecule has 1 saturated carbocycles. The SMILES string of the molecule is N#Cc1cccc(CNCc2ccn(C3CCCC3)n2)c1. The Bertz CT molecular complexity index is 632. The number of hydrogen-bond donors (Lipinski definition) is 1. The maximum absolute atomic E-state index is 8.89. The molecule has 1 aromatic heterocycles. The van der Waals surface area contributed by atoms with Crippen molar-refractivity contribution in [1.82, 2.24) is 15.1 Å². The molecule has 0 bridgehead atoms. The molecule has 21 heavy (non-hydrogen) atoms. The second-order valence-electron chi connectivity index (χ2n) is 5.64. The summed E-state index contributed by atoms with van der Waals surface area (Å²) in [5, 5.41) is 16.9. The Balaban J connectivity index is 1.52. The monoisotopic (exact) mass is 280 g/mol. The minimum atomic E-state index is 0.603. The first-order valence-corrected chi connectivity index (χ1v) is 7.59. The Morgan fingerprint density at radius 2 is 2.10 bits per heavy atom. The van der Waals surface area contributed by atoms with E-state index in [9.17, 15) is 0 Å². The standard InChI is InChI=1S/C17H20N4/c18-11-14-4-3-5-15(10-14)12-19-13-16-8-9-21(20-16)17-6-1-2-7-17/h3-5,8-10,17,19H,1-2,6-7,12-13H2. The predicted molar refractivity (Wildman–Crippen MR) is 81.4 cm³/mol. The van der Waals surface area contributed by atoms with Crippen LogP contribution in [0.2, 0.25) is 0 Å². The zero-order valence-corrected chi connectivity index (χ0v) is 12.1. The molecule has 0 atom stereocenters. The molecule has 1 aliphatic carbocycles. The van der Waals surface area contributed by atoms with Crippen LogP contribution in [0, 0.1) is 11.3 Å². The van der Waals surface area contributed by atoms with Gasteiger partial charge in [0.2, 0.25) is 0 Å². The van der Waals surface area contributed by atoms with E-state index in [2.05, 4.69) is 33.4 Å². The Hall–Kier alpha value is -2.12. The molecule has 1 heterocycles. The second kappa shape index (κ2) is 6.55. The van der Waals surface area contributed by atoms with Crippen molar-refractivity contribution in [2.75, 3.05) is 0 Å². The molecule has 0 radical (unpaired) electrons. The van der Waals surface area contributed by atoms with Crippen molar-refractivity contribution in [2.45, 2.75) is 44.8 Å². The number of benzene rings is 1. The first-order valence-electron chi connectivity index (χ1n) is 7.59. The normalized spacial score (nSPS) is 15.2. The minimum Gasteiger partial charge on any atom is -0.307 e. The van der Waals surface area contributed by atoms with Crippen molar-refractivity contribution in [1.29, 1.82) is 5.26 Å². The number of aromatic nitrogens is 2. The average Bonchev–Trinajstić information content (AvgIpc) is 3.18. The van der Waals surface area contributed by atoms with Crippen LogP contribution in [0.4, 0.5) is 0 Å². The van der Waals surface area contributed by atoms with Crippen molar-refractivity contribution in [3.8, 4) is 6.07 Å². The van der Waals surface area contributed by atoms with Crippen molar-refractivity contribution in [2.24, 2.45) is 0 Å². The summed E-state index contributed by atoms with van der Waals surface area (Å²) >= 11 is 0. The van der Waals surface area contributed by atoms with Crippen LogP contribution in [-0.4, -0.2) is 9.78 Å². The van der Waals surface area contributed by atoms with Crippen LogP contribution in [0.5, 0.6) is 0 Å². The van der Waals surface area contributed by atoms with Crippen molar-refractivity contribution < 1.29 is 0 Å². The van der Waals surface area contributed by atoms with Gasteiger partial charge < -0.3 is 5.32 Å². The van der Waals surface area contributed by atoms with E-state index in [4.69, 9.17) is 5.26 Å². The van der Waals surface area contributed by atoms with Crippen molar-refractivity contribution in [3.63, 3.8) is 0 Å². The Morgan fingerprint density at radius 3 is 2.90 bits per heavy atom. The average molecular weight is 280 g/mol. The topological polar surface area (TPSA) is 53.6 Å². The van der Waals surface area contributed by atoms with Gasteiger partial charge >= 0.3 is 0 Å². The number of nitriles is 1. The van der Waals surface area contributed by atoms with Gasteiger partial charge in [0.05, 0.1) is 23.4 Å². The van der Waals surface area contributed by atoms with E-state index in [0.29, 0.717) is 11.6 Å². The summed E-state index contributed by atoms with van der Waals surface area (Å²) in [7, 11) is 0. The van der Waals surface area contributed by atoms with Gasteiger partial charge in [-0.2, -0.15) is 10.4 Å². The fourth-order valence-electron chi connectivity index (χ4n) is 2.93. The van der Waals surface area contributed by atoms with E-state index in [1.54, 1.807) is 0 Å². The summed E-state index contributed by atoms with van der Waals surface area (Å²) in [5.41, 5.74) is 2.92. The quantitative estimate of drug-likeness (QED) is 0.915. The lowest BCUT2D eigenvalue weighted by Gasteiger charge is -2.09. The first-order chi connectivity index (χ1) is 10.3. The third-order valence-electron chi connectivity index (χ3n) is 4.05. The Labute approximate surface area is 125 Å². The highest BCUT2D eigenvalue weighted by molar-refractivity contribution is 5.32. The van der Waals surface area contributed by atoms with E-state index in [-0.39, 0.29) is 0 Å². The van der Waals surface area contributed by atoms with Gasteiger partial charge in [0.15, 0.2) is 0 Å². The maximum Gasteiger partial charge on any atom is 0.0991 e. The van der Waals surface area contributed by atoms with E-state index in [0.717, 1.165) is 24.3 Å². The molecule has 108 valence electrons. The molecule has 1 fully saturated rings. The molecule has 4 nitrogen and oxygen atoms in total. The Kier molecular flexibility index (Phi) is 4.32. The van der Waals surface area contributed by atoms with E-state index < -0.39 is 0 Å². The van der Waals surface area contributed by atoms with Crippen LogP contribution in [-0.2, 0) is 13.1 Å². The van der Waals surface area contributed by atoms with Gasteiger partial charge in [-0.1, -0.05) is 25.0 Å². The highest BCUT2D eigenvalue weighted by Gasteiger charge is 2.17. The number of rotatable bonds is 5. The van der Waals surface area contributed by atoms with Gasteiger partial charge in [-0.15, -0.1) is 0 Å². The van der Waals surface area contributed by atoms with E-state index in [1.807, 2.05) is 24.3 Å². The summed E-state index contributed by atoms with van der Waals surface area (Å²) in [4.78, 5) is 0. The van der Waals surface area contributed by atoms with E-state index >= 15 is 0 Å². The van der Waals surface area contributed by atoms with Gasteiger partial charge in [0, 0.05) is 19.3 Å². The van der Waals surface area contributed by atoms with Crippen LogP contribution in [0.15, 0.2) is 36.5 Å². The molecule has 0 saturated heterocycles. The molecule has 0 amide bonds. The van der Waals surface area contributed by atoms with Crippen LogP contribution in [0.25, 0.3) is 0 Å². The molecule has 1 aromatic carbocycles. The molecular weight excluding hydrogens is 260 g/mol. The fraction of sp³-hybridized carbons (Fsp3) is 0.412. The van der Waals surface area contributed by atoms with Gasteiger partial charge in [-0.3, -0.25) is 4.68 Å². The van der Waals surface area contributed by atoms with Crippen LogP contribution in [0.3, 0.4) is 0 Å². The van der Waals surface area contributed by atoms with Gasteiger partial charge in [-0.05, 0) is 36.6 Å². The highest BCUT2D eigenvalue weighted by atomic mass is 15.3. The molecule has 1 aliphatic rings. The lowest BCUT2D eigenvalue weighted by atomic mass is 10.1. The molecule has 0 aliphatic heterocycles. The fourth-order valence-corrected chi connectivity index (χ4v) is 2.93. The summed E-state index contributed by atoms with van der Waals surface area (Å²) in [5.74, 6) is 0. The Morgan fingerprint density at radius 1 is 1.24 bits per heavy atom. The molecule has 2 aromatic rings. The van der Waals surface area contributed by atoms with Gasteiger partial charge in [0.25, 0.3) is 0 Å². The summed E-state index contributed by atoms with van der Waals surface area (Å²) in [6.45, 7) is 1.52. The number of nitrogens with zero attached hydrogens (tertiary/aromatic N) is 3. The summed E-state index contributed by atoms with van der Waals surface area (Å²) in [6.07, 6.45) is 7.27. The second-order valence-corrected chi connectivity index (χ2v) is 5.64. The minimum absolute atomic E-state index is 0.603. The third-order valence-corrected chi connectivity index (χ3v) is 4.05. The summed E-state index contributed by atoms with van der Waals surface area (Å²) in [6, 6.07) is 12.6. The predicted octanol–water partition coefficient (Wildman–Crippen LogP) is 3.16. The maximum atomic E-state index is 8.89. The molecule has 0 spiro atoms. The lowest BCUT2D eigenvalue weighted by molar-refractivity contribution is 0.461. The largest absolute Gasteiger partial charge is 0.307 e. The van der Waals surface area contributed by atoms with Crippen LogP contribution >= 0.6 is 0 Å². The van der Waals surface area contributed by atoms with Gasteiger partial charge in [0.1, 0.15) is 0 Å². The summed E-state index contributed by atoms with van der Waals surface area (Å²) < 4.78 is 2.13. The van der Waals surface area contributed by atoms with Crippen LogP contribution in [0.1, 0.15) is 48.5 Å². The van der Waals surface area contributed by atoms with Crippen molar-refractivity contribution in [3.05, 3.63) is 53.3 Å².